The van der Waals surface area contributed by atoms with Gasteiger partial charge in [0, 0.05) is 18.8 Å². The summed E-state index contributed by atoms with van der Waals surface area (Å²) in [5.74, 6) is 1.59. The van der Waals surface area contributed by atoms with Gasteiger partial charge in [0.05, 0.1) is 18.1 Å². The number of nitrogens with one attached hydrogen (secondary N) is 2. The van der Waals surface area contributed by atoms with E-state index in [2.05, 4.69) is 37.5 Å². The van der Waals surface area contributed by atoms with Crippen molar-refractivity contribution in [1.82, 2.24) is 29.7 Å². The standard InChI is InChI=1S/C27H33N9O3/c1-35(15-20-11-12-23(39-20)36-17-33-24-25(29)31-16-32-26(24)36)14-4-13-30-27(37)34-18-7-9-19(10-8-18)38-22-6-3-2-5-21(22)28/h2-3,5-10,16-17,20,23H,4,11-15,28H2,1H3,(H2,29,31,32)(H2,30,34,37). The van der Waals surface area contributed by atoms with Crippen LogP contribution in [0.3, 0.4) is 0 Å². The predicted octanol–water partition coefficient (Wildman–Crippen LogP) is 3.60. The summed E-state index contributed by atoms with van der Waals surface area (Å²) in [6.07, 6.45) is 5.78. The first-order valence-electron chi connectivity index (χ1n) is 12.9. The van der Waals surface area contributed by atoms with Crippen molar-refractivity contribution in [3.8, 4) is 11.5 Å². The number of imidazole rings is 1. The number of hydrogen-bond acceptors (Lipinski definition) is 9. The van der Waals surface area contributed by atoms with E-state index in [1.165, 1.54) is 6.33 Å². The Morgan fingerprint density at radius 3 is 2.77 bits per heavy atom. The number of carbonyl (C=O) groups is 1. The highest BCUT2D eigenvalue weighted by molar-refractivity contribution is 5.89. The fourth-order valence-electron chi connectivity index (χ4n) is 4.58. The molecule has 2 unspecified atom stereocenters. The molecule has 12 nitrogen and oxygen atoms in total. The molecule has 0 saturated carbocycles. The number of anilines is 3. The van der Waals surface area contributed by atoms with Gasteiger partial charge in [-0.05, 0) is 69.3 Å². The van der Waals surface area contributed by atoms with Crippen molar-refractivity contribution in [2.75, 3.05) is 43.5 Å². The highest BCUT2D eigenvalue weighted by atomic mass is 16.5. The van der Waals surface area contributed by atoms with Crippen LogP contribution in [0.5, 0.6) is 11.5 Å². The molecule has 12 heteroatoms. The van der Waals surface area contributed by atoms with Crippen molar-refractivity contribution in [2.24, 2.45) is 0 Å². The van der Waals surface area contributed by atoms with Gasteiger partial charge in [-0.25, -0.2) is 19.7 Å². The molecule has 5 rings (SSSR count). The number of ether oxygens (including phenoxy) is 2. The maximum atomic E-state index is 12.3. The molecule has 39 heavy (non-hydrogen) atoms. The van der Waals surface area contributed by atoms with Gasteiger partial charge in [0.1, 0.15) is 29.6 Å². The SMILES string of the molecule is CN(CCCNC(=O)Nc1ccc(Oc2ccccc2N)cc1)CC1CCC(n2cnc3c(N)ncnc32)O1. The lowest BCUT2D eigenvalue weighted by atomic mass is 10.2. The lowest BCUT2D eigenvalue weighted by molar-refractivity contribution is -0.00849. The summed E-state index contributed by atoms with van der Waals surface area (Å²) in [4.78, 5) is 27.2. The Morgan fingerprint density at radius 1 is 1.13 bits per heavy atom. The molecule has 2 atom stereocenters. The molecule has 204 valence electrons. The van der Waals surface area contributed by atoms with Gasteiger partial charge in [-0.15, -0.1) is 0 Å². The average molecular weight is 532 g/mol. The zero-order chi connectivity index (χ0) is 27.2. The van der Waals surface area contributed by atoms with Gasteiger partial charge < -0.3 is 36.5 Å². The zero-order valence-electron chi connectivity index (χ0n) is 21.8. The quantitative estimate of drug-likeness (QED) is 0.177. The molecule has 1 saturated heterocycles. The van der Waals surface area contributed by atoms with Crippen LogP contribution in [0.1, 0.15) is 25.5 Å². The van der Waals surface area contributed by atoms with E-state index in [1.807, 2.05) is 16.7 Å². The van der Waals surface area contributed by atoms with Crippen LogP contribution >= 0.6 is 0 Å². The number of benzene rings is 2. The van der Waals surface area contributed by atoms with Gasteiger partial charge in [0.2, 0.25) is 0 Å². The number of likely N-dealkylation sites (N-methyl/N-ethyl adjacent to an activating group) is 1. The van der Waals surface area contributed by atoms with E-state index >= 15 is 0 Å². The second-order valence-corrected chi connectivity index (χ2v) is 9.53. The topological polar surface area (TPSA) is 158 Å². The van der Waals surface area contributed by atoms with Gasteiger partial charge in [-0.3, -0.25) is 4.57 Å². The molecule has 4 aromatic rings. The van der Waals surface area contributed by atoms with Crippen LogP contribution in [-0.2, 0) is 4.74 Å². The van der Waals surface area contributed by atoms with Crippen molar-refractivity contribution in [2.45, 2.75) is 31.6 Å². The second-order valence-electron chi connectivity index (χ2n) is 9.53. The van der Waals surface area contributed by atoms with Gasteiger partial charge in [-0.1, -0.05) is 12.1 Å². The summed E-state index contributed by atoms with van der Waals surface area (Å²) in [7, 11) is 2.06. The monoisotopic (exact) mass is 531 g/mol. The lowest BCUT2D eigenvalue weighted by Crippen LogP contribution is -2.34. The average Bonchev–Trinajstić information content (AvgIpc) is 3.57. The number of urea groups is 1. The van der Waals surface area contributed by atoms with Gasteiger partial charge in [0.15, 0.2) is 11.5 Å². The van der Waals surface area contributed by atoms with E-state index < -0.39 is 0 Å². The Hall–Kier alpha value is -4.42. The molecular formula is C27H33N9O3. The summed E-state index contributed by atoms with van der Waals surface area (Å²) in [5, 5.41) is 5.74. The molecule has 0 aliphatic carbocycles. The number of nitrogens with two attached hydrogens (primary N) is 2. The number of hydrogen-bond donors (Lipinski definition) is 4. The molecule has 3 heterocycles. The van der Waals surface area contributed by atoms with Crippen molar-refractivity contribution in [3.63, 3.8) is 0 Å². The van der Waals surface area contributed by atoms with Crippen molar-refractivity contribution in [1.29, 1.82) is 0 Å². The number of para-hydroxylation sites is 2. The van der Waals surface area contributed by atoms with Crippen LogP contribution in [-0.4, -0.2) is 63.2 Å². The molecule has 6 N–H and O–H groups in total. The van der Waals surface area contributed by atoms with Crippen LogP contribution in [0.4, 0.5) is 22.0 Å². The first kappa shape index (κ1) is 26.2. The summed E-state index contributed by atoms with van der Waals surface area (Å²) in [6.45, 7) is 2.19. The fraction of sp³-hybridized carbons (Fsp3) is 0.333. The summed E-state index contributed by atoms with van der Waals surface area (Å²) in [6, 6.07) is 14.2. The van der Waals surface area contributed by atoms with Crippen LogP contribution in [0.25, 0.3) is 11.2 Å². The third kappa shape index (κ3) is 6.54. The number of nitrogens with zero attached hydrogens (tertiary/aromatic N) is 5. The molecular weight excluding hydrogens is 498 g/mol. The van der Waals surface area contributed by atoms with Gasteiger partial charge in [-0.2, -0.15) is 0 Å². The minimum absolute atomic E-state index is 0.109. The first-order valence-corrected chi connectivity index (χ1v) is 12.9. The maximum Gasteiger partial charge on any atom is 0.319 e. The fourth-order valence-corrected chi connectivity index (χ4v) is 4.58. The third-order valence-electron chi connectivity index (χ3n) is 6.56. The Balaban J connectivity index is 0.993. The molecule has 1 aliphatic rings. The molecule has 2 aromatic carbocycles. The Kier molecular flexibility index (Phi) is 8.04. The molecule has 2 aromatic heterocycles. The van der Waals surface area contributed by atoms with E-state index in [0.29, 0.717) is 46.4 Å². The number of amides is 2. The van der Waals surface area contributed by atoms with Crippen LogP contribution in [0.2, 0.25) is 0 Å². The van der Waals surface area contributed by atoms with Crippen LogP contribution in [0.15, 0.2) is 61.2 Å². The molecule has 0 spiro atoms. The predicted molar refractivity (Wildman–Crippen MR) is 149 cm³/mol. The highest BCUT2D eigenvalue weighted by Gasteiger charge is 2.29. The molecule has 0 bridgehead atoms. The third-order valence-corrected chi connectivity index (χ3v) is 6.56. The number of fused-ring (bicyclic) bond motifs is 1. The maximum absolute atomic E-state index is 12.3. The minimum Gasteiger partial charge on any atom is -0.455 e. The van der Waals surface area contributed by atoms with E-state index in [4.69, 9.17) is 20.9 Å². The first-order chi connectivity index (χ1) is 19.0. The molecule has 2 amide bonds. The van der Waals surface area contributed by atoms with E-state index in [9.17, 15) is 4.79 Å². The summed E-state index contributed by atoms with van der Waals surface area (Å²) < 4.78 is 14.0. The van der Waals surface area contributed by atoms with Crippen LogP contribution in [0, 0.1) is 0 Å². The molecule has 1 fully saturated rings. The normalized spacial score (nSPS) is 17.0. The summed E-state index contributed by atoms with van der Waals surface area (Å²) >= 11 is 0. The summed E-state index contributed by atoms with van der Waals surface area (Å²) in [5.41, 5.74) is 14.3. The van der Waals surface area contributed by atoms with Gasteiger partial charge >= 0.3 is 6.03 Å². The highest BCUT2D eigenvalue weighted by Crippen LogP contribution is 2.31. The lowest BCUT2D eigenvalue weighted by Gasteiger charge is -2.21. The van der Waals surface area contributed by atoms with E-state index in [-0.39, 0.29) is 18.4 Å². The zero-order valence-corrected chi connectivity index (χ0v) is 21.8. The number of carbonyl (C=O) groups excluding carboxylic acids is 1. The molecule has 0 radical (unpaired) electrons. The Labute approximate surface area is 226 Å². The Bertz CT molecular complexity index is 1410. The van der Waals surface area contributed by atoms with E-state index in [0.717, 1.165) is 32.4 Å². The minimum atomic E-state index is -0.252. The van der Waals surface area contributed by atoms with Gasteiger partial charge in [0.25, 0.3) is 0 Å². The molecule has 1 aliphatic heterocycles. The van der Waals surface area contributed by atoms with E-state index in [1.54, 1.807) is 42.7 Å². The number of nitrogen functional groups attached to an aromatic ring is 2. The van der Waals surface area contributed by atoms with Crippen molar-refractivity contribution >= 4 is 34.4 Å². The smallest absolute Gasteiger partial charge is 0.319 e. The largest absolute Gasteiger partial charge is 0.455 e. The number of rotatable bonds is 10. The number of aromatic nitrogens is 4. The Morgan fingerprint density at radius 2 is 1.95 bits per heavy atom. The van der Waals surface area contributed by atoms with Crippen molar-refractivity contribution in [3.05, 3.63) is 61.2 Å². The van der Waals surface area contributed by atoms with Crippen LogP contribution < -0.4 is 26.8 Å². The second kappa shape index (κ2) is 12.0. The van der Waals surface area contributed by atoms with Crippen molar-refractivity contribution < 1.29 is 14.3 Å².